The number of aliphatic carboxylic acids is 1. The number of hydrogen-bond acceptors (Lipinski definition) is 3. The monoisotopic (exact) mass is 356 g/mol. The molecule has 2 aromatic rings. The van der Waals surface area contributed by atoms with Crippen molar-refractivity contribution in [1.82, 2.24) is 10.2 Å². The van der Waals surface area contributed by atoms with Gasteiger partial charge in [0, 0.05) is 24.6 Å². The molecular formula is C20H24N2O4. The van der Waals surface area contributed by atoms with Gasteiger partial charge in [0.15, 0.2) is 0 Å². The van der Waals surface area contributed by atoms with Crippen molar-refractivity contribution in [3.8, 4) is 0 Å². The minimum absolute atomic E-state index is 0.0664. The number of nitrogens with one attached hydrogen (secondary N) is 1. The second kappa shape index (κ2) is 8.99. The molecule has 0 aromatic heterocycles. The molecule has 2 N–H and O–H groups in total. The van der Waals surface area contributed by atoms with Gasteiger partial charge in [-0.25, -0.2) is 0 Å². The van der Waals surface area contributed by atoms with Crippen LogP contribution >= 0.6 is 0 Å². The van der Waals surface area contributed by atoms with E-state index in [1.54, 1.807) is 6.07 Å². The molecule has 0 heterocycles. The summed E-state index contributed by atoms with van der Waals surface area (Å²) in [6.07, 6.45) is 0.736. The average Bonchev–Trinajstić information content (AvgIpc) is 2.64. The minimum atomic E-state index is -1.04. The first-order valence-corrected chi connectivity index (χ1v) is 8.70. The van der Waals surface area contributed by atoms with E-state index < -0.39 is 5.97 Å². The second-order valence-corrected chi connectivity index (χ2v) is 6.24. The zero-order valence-electron chi connectivity index (χ0n) is 15.1. The van der Waals surface area contributed by atoms with Gasteiger partial charge in [-0.2, -0.15) is 0 Å². The van der Waals surface area contributed by atoms with Gasteiger partial charge in [0.2, 0.25) is 5.91 Å². The molecule has 0 aliphatic carbocycles. The van der Waals surface area contributed by atoms with E-state index in [9.17, 15) is 14.4 Å². The lowest BCUT2D eigenvalue weighted by Crippen LogP contribution is -2.43. The fraction of sp³-hybridized carbons (Fsp3) is 0.350. The number of carbonyl (C=O) groups is 3. The summed E-state index contributed by atoms with van der Waals surface area (Å²) < 4.78 is 0. The number of fused-ring (bicyclic) bond motifs is 1. The SMILES string of the molecule is CCC(C)N(CC(=O)O)C(=O)CCNC(=O)c1ccc2ccccc2c1. The highest BCUT2D eigenvalue weighted by atomic mass is 16.4. The van der Waals surface area contributed by atoms with Crippen LogP contribution in [0.1, 0.15) is 37.0 Å². The third kappa shape index (κ3) is 5.05. The van der Waals surface area contributed by atoms with Gasteiger partial charge >= 0.3 is 5.97 Å². The van der Waals surface area contributed by atoms with Crippen LogP contribution in [0.15, 0.2) is 42.5 Å². The first-order valence-electron chi connectivity index (χ1n) is 8.70. The number of hydrogen-bond donors (Lipinski definition) is 2. The number of carboxylic acid groups (broad SMARTS) is 1. The van der Waals surface area contributed by atoms with Crippen LogP contribution in [-0.4, -0.2) is 46.9 Å². The lowest BCUT2D eigenvalue weighted by atomic mass is 10.1. The average molecular weight is 356 g/mol. The summed E-state index contributed by atoms with van der Waals surface area (Å²) in [5.41, 5.74) is 0.528. The van der Waals surface area contributed by atoms with E-state index in [-0.39, 0.29) is 37.4 Å². The van der Waals surface area contributed by atoms with Crippen molar-refractivity contribution in [2.24, 2.45) is 0 Å². The van der Waals surface area contributed by atoms with Crippen LogP contribution < -0.4 is 5.32 Å². The normalized spacial score (nSPS) is 11.8. The third-order valence-corrected chi connectivity index (χ3v) is 4.38. The molecule has 2 amide bonds. The van der Waals surface area contributed by atoms with E-state index in [0.717, 1.165) is 10.8 Å². The highest BCUT2D eigenvalue weighted by Crippen LogP contribution is 2.15. The van der Waals surface area contributed by atoms with Gasteiger partial charge in [-0.15, -0.1) is 0 Å². The Morgan fingerprint density at radius 2 is 1.81 bits per heavy atom. The molecule has 2 rings (SSSR count). The molecule has 0 saturated carbocycles. The molecule has 0 saturated heterocycles. The van der Waals surface area contributed by atoms with E-state index in [0.29, 0.717) is 12.0 Å². The van der Waals surface area contributed by atoms with Crippen molar-refractivity contribution in [3.63, 3.8) is 0 Å². The topological polar surface area (TPSA) is 86.7 Å². The molecule has 0 aliphatic heterocycles. The summed E-state index contributed by atoms with van der Waals surface area (Å²) >= 11 is 0. The Bertz CT molecular complexity index is 803. The zero-order valence-corrected chi connectivity index (χ0v) is 15.1. The second-order valence-electron chi connectivity index (χ2n) is 6.24. The summed E-state index contributed by atoms with van der Waals surface area (Å²) in [6.45, 7) is 3.55. The molecule has 0 aliphatic rings. The molecule has 0 radical (unpaired) electrons. The summed E-state index contributed by atoms with van der Waals surface area (Å²) in [5, 5.41) is 13.7. The first kappa shape index (κ1) is 19.4. The third-order valence-electron chi connectivity index (χ3n) is 4.38. The Hall–Kier alpha value is -2.89. The summed E-state index contributed by atoms with van der Waals surface area (Å²) in [7, 11) is 0. The Kier molecular flexibility index (Phi) is 6.72. The number of carbonyl (C=O) groups excluding carboxylic acids is 2. The van der Waals surface area contributed by atoms with E-state index in [4.69, 9.17) is 5.11 Å². The fourth-order valence-corrected chi connectivity index (χ4v) is 2.72. The van der Waals surface area contributed by atoms with Crippen LogP contribution in [0.2, 0.25) is 0 Å². The fourth-order valence-electron chi connectivity index (χ4n) is 2.72. The van der Waals surface area contributed by atoms with Gasteiger partial charge in [0.1, 0.15) is 6.54 Å². The van der Waals surface area contributed by atoms with E-state index >= 15 is 0 Å². The molecular weight excluding hydrogens is 332 g/mol. The van der Waals surface area contributed by atoms with Crippen molar-refractivity contribution >= 4 is 28.6 Å². The summed E-state index contributed by atoms with van der Waals surface area (Å²) in [5.74, 6) is -1.57. The summed E-state index contributed by atoms with van der Waals surface area (Å²) in [6, 6.07) is 13.0. The van der Waals surface area contributed by atoms with Crippen molar-refractivity contribution in [2.45, 2.75) is 32.7 Å². The lowest BCUT2D eigenvalue weighted by Gasteiger charge is -2.27. The van der Waals surface area contributed by atoms with Crippen LogP contribution in [0.3, 0.4) is 0 Å². The number of amides is 2. The quantitative estimate of drug-likeness (QED) is 0.761. The predicted molar refractivity (Wildman–Crippen MR) is 100 cm³/mol. The van der Waals surface area contributed by atoms with Crippen molar-refractivity contribution in [2.75, 3.05) is 13.1 Å². The maximum atomic E-state index is 12.3. The van der Waals surface area contributed by atoms with Crippen molar-refractivity contribution in [1.29, 1.82) is 0 Å². The Morgan fingerprint density at radius 3 is 2.46 bits per heavy atom. The van der Waals surface area contributed by atoms with Crippen LogP contribution in [0, 0.1) is 0 Å². The van der Waals surface area contributed by atoms with E-state index in [2.05, 4.69) is 5.32 Å². The van der Waals surface area contributed by atoms with Gasteiger partial charge in [-0.3, -0.25) is 14.4 Å². The predicted octanol–water partition coefficient (Wildman–Crippen LogP) is 2.67. The van der Waals surface area contributed by atoms with Crippen molar-refractivity contribution < 1.29 is 19.5 Å². The van der Waals surface area contributed by atoms with Crippen LogP contribution in [-0.2, 0) is 9.59 Å². The lowest BCUT2D eigenvalue weighted by molar-refractivity contribution is -0.146. The van der Waals surface area contributed by atoms with Crippen LogP contribution in [0.5, 0.6) is 0 Å². The summed E-state index contributed by atoms with van der Waals surface area (Å²) in [4.78, 5) is 36.8. The van der Waals surface area contributed by atoms with E-state index in [1.165, 1.54) is 4.90 Å². The maximum Gasteiger partial charge on any atom is 0.323 e. The molecule has 138 valence electrons. The van der Waals surface area contributed by atoms with Gasteiger partial charge in [-0.1, -0.05) is 37.3 Å². The number of nitrogens with zero attached hydrogens (tertiary/aromatic N) is 1. The highest BCUT2D eigenvalue weighted by molar-refractivity contribution is 5.98. The molecule has 6 heteroatoms. The standard InChI is InChI=1S/C20H24N2O4/c1-3-14(2)22(13-19(24)25)18(23)10-11-21-20(26)17-9-8-15-6-4-5-7-16(15)12-17/h4-9,12,14H,3,10-11,13H2,1-2H3,(H,21,26)(H,24,25). The largest absolute Gasteiger partial charge is 0.480 e. The molecule has 26 heavy (non-hydrogen) atoms. The zero-order chi connectivity index (χ0) is 19.1. The molecule has 0 fully saturated rings. The smallest absolute Gasteiger partial charge is 0.323 e. The molecule has 1 atom stereocenters. The Balaban J connectivity index is 1.93. The highest BCUT2D eigenvalue weighted by Gasteiger charge is 2.21. The number of benzene rings is 2. The first-order chi connectivity index (χ1) is 12.4. The van der Waals surface area contributed by atoms with Gasteiger partial charge < -0.3 is 15.3 Å². The number of carboxylic acids is 1. The van der Waals surface area contributed by atoms with Gasteiger partial charge in [0.05, 0.1) is 0 Å². The minimum Gasteiger partial charge on any atom is -0.480 e. The Morgan fingerprint density at radius 1 is 1.12 bits per heavy atom. The molecule has 0 spiro atoms. The number of rotatable bonds is 8. The van der Waals surface area contributed by atoms with Crippen molar-refractivity contribution in [3.05, 3.63) is 48.0 Å². The molecule has 0 bridgehead atoms. The van der Waals surface area contributed by atoms with E-state index in [1.807, 2.05) is 50.2 Å². The molecule has 1 unspecified atom stereocenters. The molecule has 2 aromatic carbocycles. The van der Waals surface area contributed by atoms with Gasteiger partial charge in [-0.05, 0) is 36.2 Å². The maximum absolute atomic E-state index is 12.3. The molecule has 6 nitrogen and oxygen atoms in total. The van der Waals surface area contributed by atoms with Crippen LogP contribution in [0.25, 0.3) is 10.8 Å². The van der Waals surface area contributed by atoms with Crippen LogP contribution in [0.4, 0.5) is 0 Å². The Labute approximate surface area is 152 Å². The van der Waals surface area contributed by atoms with Gasteiger partial charge in [0.25, 0.3) is 5.91 Å².